The van der Waals surface area contributed by atoms with Gasteiger partial charge in [0.05, 0.1) is 17.2 Å². The summed E-state index contributed by atoms with van der Waals surface area (Å²) in [6.45, 7) is 7.92. The Morgan fingerprint density at radius 2 is 1.61 bits per heavy atom. The Bertz CT molecular complexity index is 1410. The highest BCUT2D eigenvalue weighted by Gasteiger charge is 2.33. The molecule has 0 unspecified atom stereocenters. The van der Waals surface area contributed by atoms with Gasteiger partial charge in [-0.05, 0) is 74.7 Å². The summed E-state index contributed by atoms with van der Waals surface area (Å²) in [7, 11) is -4.15. The predicted molar refractivity (Wildman–Crippen MR) is 163 cm³/mol. The van der Waals surface area contributed by atoms with Gasteiger partial charge in [0.1, 0.15) is 18.3 Å². The highest BCUT2D eigenvalue weighted by Crippen LogP contribution is 2.27. The van der Waals surface area contributed by atoms with Gasteiger partial charge < -0.3 is 15.0 Å². The zero-order valence-electron chi connectivity index (χ0n) is 24.0. The van der Waals surface area contributed by atoms with Crippen LogP contribution in [0.3, 0.4) is 0 Å². The number of hydrogen-bond donors (Lipinski definition) is 1. The number of anilines is 1. The highest BCUT2D eigenvalue weighted by molar-refractivity contribution is 7.92. The van der Waals surface area contributed by atoms with Gasteiger partial charge >= 0.3 is 0 Å². The number of aryl methyl sites for hydroxylation is 1. The van der Waals surface area contributed by atoms with E-state index in [1.807, 2.05) is 27.7 Å². The van der Waals surface area contributed by atoms with E-state index < -0.39 is 28.5 Å². The van der Waals surface area contributed by atoms with Crippen LogP contribution in [0.15, 0.2) is 77.7 Å². The molecule has 0 radical (unpaired) electrons. The van der Waals surface area contributed by atoms with Crippen LogP contribution in [0.4, 0.5) is 5.69 Å². The second-order valence-corrected chi connectivity index (χ2v) is 11.8. The average molecular weight is 600 g/mol. The molecule has 0 aromatic heterocycles. The molecule has 8 nitrogen and oxygen atoms in total. The molecule has 1 atom stereocenters. The number of hydrogen-bond acceptors (Lipinski definition) is 5. The van der Waals surface area contributed by atoms with Crippen LogP contribution in [-0.2, 0) is 26.2 Å². The molecule has 220 valence electrons. The topological polar surface area (TPSA) is 96.0 Å². The first-order valence-corrected chi connectivity index (χ1v) is 15.6. The zero-order valence-corrected chi connectivity index (χ0v) is 25.5. The van der Waals surface area contributed by atoms with E-state index in [4.69, 9.17) is 16.3 Å². The molecular formula is C31H38ClN3O5S. The third-order valence-electron chi connectivity index (χ3n) is 6.56. The van der Waals surface area contributed by atoms with Gasteiger partial charge in [-0.15, -0.1) is 0 Å². The summed E-state index contributed by atoms with van der Waals surface area (Å²) >= 11 is 6.43. The molecule has 0 fully saturated rings. The van der Waals surface area contributed by atoms with Crippen molar-refractivity contribution in [3.63, 3.8) is 0 Å². The first kappa shape index (κ1) is 32.0. The fourth-order valence-electron chi connectivity index (χ4n) is 4.34. The fourth-order valence-corrected chi connectivity index (χ4v) is 5.95. The number of carbonyl (C=O) groups is 2. The Hall–Kier alpha value is -3.56. The normalized spacial score (nSPS) is 11.9. The largest absolute Gasteiger partial charge is 0.494 e. The second-order valence-electron chi connectivity index (χ2n) is 9.58. The Morgan fingerprint density at radius 1 is 0.951 bits per heavy atom. The van der Waals surface area contributed by atoms with Gasteiger partial charge in [-0.3, -0.25) is 13.9 Å². The van der Waals surface area contributed by atoms with E-state index >= 15 is 0 Å². The number of carbonyl (C=O) groups excluding carboxylic acids is 2. The molecule has 3 rings (SSSR count). The molecule has 0 heterocycles. The quantitative estimate of drug-likeness (QED) is 0.261. The minimum absolute atomic E-state index is 0.0399. The lowest BCUT2D eigenvalue weighted by molar-refractivity contribution is -0.140. The van der Waals surface area contributed by atoms with Crippen molar-refractivity contribution in [1.82, 2.24) is 10.2 Å². The van der Waals surface area contributed by atoms with Crippen molar-refractivity contribution in [2.45, 2.75) is 58.0 Å². The van der Waals surface area contributed by atoms with Crippen LogP contribution in [0.2, 0.25) is 5.02 Å². The maximum Gasteiger partial charge on any atom is 0.264 e. The lowest BCUT2D eigenvalue weighted by Crippen LogP contribution is -2.52. The van der Waals surface area contributed by atoms with E-state index in [-0.39, 0.29) is 17.3 Å². The zero-order chi connectivity index (χ0) is 30.0. The summed E-state index contributed by atoms with van der Waals surface area (Å²) in [4.78, 5) is 28.7. The minimum Gasteiger partial charge on any atom is -0.494 e. The number of amides is 2. The SMILES string of the molecule is CCCNC(=O)[C@H](CC)N(Cc1ccccc1Cl)C(=O)CN(c1ccc(OCC)cc1)S(=O)(=O)c1ccc(C)cc1. The van der Waals surface area contributed by atoms with Gasteiger partial charge in [0.15, 0.2) is 0 Å². The number of ether oxygens (including phenoxy) is 1. The lowest BCUT2D eigenvalue weighted by Gasteiger charge is -2.33. The van der Waals surface area contributed by atoms with Crippen LogP contribution in [0, 0.1) is 6.92 Å². The van der Waals surface area contributed by atoms with Crippen LogP contribution < -0.4 is 14.4 Å². The van der Waals surface area contributed by atoms with Gasteiger partial charge in [0, 0.05) is 18.1 Å². The van der Waals surface area contributed by atoms with E-state index in [2.05, 4.69) is 5.32 Å². The maximum atomic E-state index is 14.1. The summed E-state index contributed by atoms with van der Waals surface area (Å²) < 4.78 is 34.5. The number of halogens is 1. The van der Waals surface area contributed by atoms with Crippen molar-refractivity contribution < 1.29 is 22.7 Å². The highest BCUT2D eigenvalue weighted by atomic mass is 35.5. The molecule has 0 saturated heterocycles. The molecule has 0 aliphatic heterocycles. The molecule has 0 aliphatic carbocycles. The van der Waals surface area contributed by atoms with Crippen molar-refractivity contribution in [2.24, 2.45) is 0 Å². The Balaban J connectivity index is 2.06. The number of nitrogens with zero attached hydrogens (tertiary/aromatic N) is 2. The van der Waals surface area contributed by atoms with Crippen molar-refractivity contribution in [3.05, 3.63) is 88.9 Å². The molecule has 0 aliphatic rings. The van der Waals surface area contributed by atoms with Crippen LogP contribution in [0.1, 0.15) is 44.7 Å². The number of benzene rings is 3. The van der Waals surface area contributed by atoms with E-state index in [9.17, 15) is 18.0 Å². The van der Waals surface area contributed by atoms with Gasteiger partial charge in [0.25, 0.3) is 10.0 Å². The van der Waals surface area contributed by atoms with E-state index in [0.717, 1.165) is 16.3 Å². The molecule has 0 spiro atoms. The Labute approximate surface area is 248 Å². The van der Waals surface area contributed by atoms with Crippen LogP contribution in [-0.4, -0.2) is 50.9 Å². The Kier molecular flexibility index (Phi) is 11.6. The molecular weight excluding hydrogens is 562 g/mol. The lowest BCUT2D eigenvalue weighted by atomic mass is 10.1. The molecule has 3 aromatic carbocycles. The van der Waals surface area contributed by atoms with Crippen molar-refractivity contribution in [3.8, 4) is 5.75 Å². The summed E-state index contributed by atoms with van der Waals surface area (Å²) in [5, 5.41) is 3.32. The predicted octanol–water partition coefficient (Wildman–Crippen LogP) is 5.58. The number of rotatable bonds is 14. The summed E-state index contributed by atoms with van der Waals surface area (Å²) in [6.07, 6.45) is 1.07. The van der Waals surface area contributed by atoms with Crippen LogP contribution in [0.5, 0.6) is 5.75 Å². The van der Waals surface area contributed by atoms with Crippen molar-refractivity contribution in [1.29, 1.82) is 0 Å². The summed E-state index contributed by atoms with van der Waals surface area (Å²) in [6, 6.07) is 19.2. The first-order chi connectivity index (χ1) is 19.6. The minimum atomic E-state index is -4.15. The van der Waals surface area contributed by atoms with Gasteiger partial charge in [-0.1, -0.05) is 61.3 Å². The third kappa shape index (κ3) is 8.24. The first-order valence-electron chi connectivity index (χ1n) is 13.7. The molecule has 10 heteroatoms. The molecule has 1 N–H and O–H groups in total. The second kappa shape index (κ2) is 14.9. The van der Waals surface area contributed by atoms with Gasteiger partial charge in [-0.25, -0.2) is 8.42 Å². The molecule has 0 bridgehead atoms. The number of nitrogens with one attached hydrogen (secondary N) is 1. The standard InChI is InChI=1S/C31H38ClN3O5S/c1-5-20-33-31(37)29(6-2)34(21-24-10-8-9-11-28(24)32)30(36)22-35(25-14-16-26(17-15-25)40-7-3)41(38,39)27-18-12-23(4)13-19-27/h8-19,29H,5-7,20-22H2,1-4H3,(H,33,37)/t29-/m0/s1. The number of sulfonamides is 1. The monoisotopic (exact) mass is 599 g/mol. The average Bonchev–Trinajstić information content (AvgIpc) is 2.96. The molecule has 0 saturated carbocycles. The maximum absolute atomic E-state index is 14.1. The van der Waals surface area contributed by atoms with Crippen LogP contribution >= 0.6 is 11.6 Å². The summed E-state index contributed by atoms with van der Waals surface area (Å²) in [5.41, 5.74) is 1.85. The molecule has 2 amide bonds. The van der Waals surface area contributed by atoms with E-state index in [1.54, 1.807) is 60.7 Å². The van der Waals surface area contributed by atoms with E-state index in [0.29, 0.717) is 41.6 Å². The molecule has 41 heavy (non-hydrogen) atoms. The van der Waals surface area contributed by atoms with Gasteiger partial charge in [0.2, 0.25) is 11.8 Å². The molecule has 3 aromatic rings. The van der Waals surface area contributed by atoms with Crippen molar-refractivity contribution >= 4 is 39.1 Å². The fraction of sp³-hybridized carbons (Fsp3) is 0.355. The Morgan fingerprint density at radius 3 is 2.20 bits per heavy atom. The van der Waals surface area contributed by atoms with Crippen LogP contribution in [0.25, 0.3) is 0 Å². The van der Waals surface area contributed by atoms with E-state index in [1.165, 1.54) is 17.0 Å². The smallest absolute Gasteiger partial charge is 0.264 e. The van der Waals surface area contributed by atoms with Gasteiger partial charge in [-0.2, -0.15) is 0 Å². The third-order valence-corrected chi connectivity index (χ3v) is 8.71. The van der Waals surface area contributed by atoms with Crippen molar-refractivity contribution in [2.75, 3.05) is 24.0 Å². The summed E-state index contributed by atoms with van der Waals surface area (Å²) in [5.74, 6) is -0.258.